The normalized spacial score (nSPS) is 11.0. The minimum Gasteiger partial charge on any atom is -0.493 e. The van der Waals surface area contributed by atoms with Crippen LogP contribution in [0.1, 0.15) is 23.0 Å². The highest BCUT2D eigenvalue weighted by Gasteiger charge is 2.16. The number of hydrogen-bond donors (Lipinski definition) is 1. The first-order valence-corrected chi connectivity index (χ1v) is 9.14. The average Bonchev–Trinajstić information content (AvgIpc) is 3.05. The Balaban J connectivity index is 1.93. The highest BCUT2D eigenvalue weighted by Crippen LogP contribution is 2.38. The third-order valence-electron chi connectivity index (χ3n) is 4.54. The molecule has 0 aliphatic carbocycles. The molecule has 0 saturated carbocycles. The molecule has 8 nitrogen and oxygen atoms in total. The van der Waals surface area contributed by atoms with Gasteiger partial charge in [-0.25, -0.2) is 0 Å². The highest BCUT2D eigenvalue weighted by molar-refractivity contribution is 6.08. The number of anilines is 1. The number of ketones is 1. The number of hydrogen-bond acceptors (Lipinski definition) is 6. The zero-order valence-corrected chi connectivity index (χ0v) is 17.5. The number of fused-ring (bicyclic) bond motifs is 1. The van der Waals surface area contributed by atoms with Gasteiger partial charge in [-0.2, -0.15) is 5.10 Å². The zero-order chi connectivity index (χ0) is 21.8. The van der Waals surface area contributed by atoms with E-state index in [1.54, 1.807) is 36.0 Å². The van der Waals surface area contributed by atoms with E-state index in [-0.39, 0.29) is 11.7 Å². The standard InChI is InChI=1S/C22H23N3O5/c1-13(26)23-15-6-7-16-17(24-25(2)18(16)12-15)8-9-19(27)14-10-20(28-3)22(30-5)21(11-14)29-4/h6-12H,1-5H3,(H,23,26)/b9-8+. The van der Waals surface area contributed by atoms with Gasteiger partial charge in [-0.05, 0) is 42.5 Å². The smallest absolute Gasteiger partial charge is 0.221 e. The van der Waals surface area contributed by atoms with Gasteiger partial charge in [0.1, 0.15) is 0 Å². The van der Waals surface area contributed by atoms with Crippen molar-refractivity contribution in [1.82, 2.24) is 9.78 Å². The van der Waals surface area contributed by atoms with Gasteiger partial charge in [-0.1, -0.05) is 0 Å². The predicted octanol–water partition coefficient (Wildman–Crippen LogP) is 3.45. The summed E-state index contributed by atoms with van der Waals surface area (Å²) >= 11 is 0. The quantitative estimate of drug-likeness (QED) is 0.475. The molecule has 0 atom stereocenters. The van der Waals surface area contributed by atoms with Gasteiger partial charge in [0.2, 0.25) is 11.7 Å². The van der Waals surface area contributed by atoms with E-state index in [1.807, 2.05) is 12.1 Å². The summed E-state index contributed by atoms with van der Waals surface area (Å²) in [6.45, 7) is 1.45. The summed E-state index contributed by atoms with van der Waals surface area (Å²) in [7, 11) is 6.30. The SMILES string of the molecule is COc1cc(C(=O)/C=C/c2nn(C)c3cc(NC(C)=O)ccc23)cc(OC)c1OC. The van der Waals surface area contributed by atoms with Gasteiger partial charge in [0.05, 0.1) is 32.5 Å². The van der Waals surface area contributed by atoms with Crippen LogP contribution in [0.4, 0.5) is 5.69 Å². The molecule has 1 amide bonds. The van der Waals surface area contributed by atoms with E-state index in [2.05, 4.69) is 10.4 Å². The van der Waals surface area contributed by atoms with Crippen LogP contribution in [-0.2, 0) is 11.8 Å². The number of carbonyl (C=O) groups is 2. The molecular formula is C22H23N3O5. The van der Waals surface area contributed by atoms with Crippen molar-refractivity contribution in [3.8, 4) is 17.2 Å². The van der Waals surface area contributed by atoms with E-state index in [0.29, 0.717) is 34.2 Å². The first-order chi connectivity index (χ1) is 14.4. The number of nitrogens with one attached hydrogen (secondary N) is 1. The van der Waals surface area contributed by atoms with Gasteiger partial charge in [0.25, 0.3) is 0 Å². The molecule has 0 bridgehead atoms. The molecule has 1 aromatic heterocycles. The van der Waals surface area contributed by atoms with E-state index in [1.165, 1.54) is 34.3 Å². The number of aryl methyl sites for hydroxylation is 1. The fraction of sp³-hybridized carbons (Fsp3) is 0.227. The largest absolute Gasteiger partial charge is 0.493 e. The maximum atomic E-state index is 12.8. The molecule has 0 unspecified atom stereocenters. The Hall–Kier alpha value is -3.81. The number of allylic oxidation sites excluding steroid dienone is 1. The lowest BCUT2D eigenvalue weighted by molar-refractivity contribution is -0.114. The Bertz CT molecular complexity index is 1120. The molecule has 0 aliphatic heterocycles. The molecule has 0 aliphatic rings. The van der Waals surface area contributed by atoms with Gasteiger partial charge in [-0.3, -0.25) is 14.3 Å². The Kier molecular flexibility index (Phi) is 6.06. The maximum Gasteiger partial charge on any atom is 0.221 e. The third kappa shape index (κ3) is 4.12. The van der Waals surface area contributed by atoms with Crippen molar-refractivity contribution >= 4 is 34.4 Å². The van der Waals surface area contributed by atoms with E-state index < -0.39 is 0 Å². The minimum absolute atomic E-state index is 0.146. The summed E-state index contributed by atoms with van der Waals surface area (Å²) in [4.78, 5) is 24.0. The lowest BCUT2D eigenvalue weighted by Crippen LogP contribution is -2.05. The molecule has 1 N–H and O–H groups in total. The Labute approximate surface area is 174 Å². The Morgan fingerprint density at radius 3 is 2.27 bits per heavy atom. The zero-order valence-electron chi connectivity index (χ0n) is 17.5. The molecule has 3 aromatic rings. The molecular weight excluding hydrogens is 386 g/mol. The molecule has 3 rings (SSSR count). The van der Waals surface area contributed by atoms with Gasteiger partial charge >= 0.3 is 0 Å². The number of benzene rings is 2. The Morgan fingerprint density at radius 2 is 1.70 bits per heavy atom. The summed E-state index contributed by atoms with van der Waals surface area (Å²) in [5, 5.41) is 8.08. The van der Waals surface area contributed by atoms with Crippen molar-refractivity contribution < 1.29 is 23.8 Å². The molecule has 0 fully saturated rings. The fourth-order valence-electron chi connectivity index (χ4n) is 3.16. The lowest BCUT2D eigenvalue weighted by atomic mass is 10.1. The molecule has 0 radical (unpaired) electrons. The summed E-state index contributed by atoms with van der Waals surface area (Å²) in [5.74, 6) is 0.853. The van der Waals surface area contributed by atoms with Crippen molar-refractivity contribution in [2.45, 2.75) is 6.92 Å². The summed E-state index contributed by atoms with van der Waals surface area (Å²) < 4.78 is 17.6. The molecule has 0 spiro atoms. The minimum atomic E-state index is -0.233. The van der Waals surface area contributed by atoms with Gasteiger partial charge in [-0.15, -0.1) is 0 Å². The number of aromatic nitrogens is 2. The molecule has 8 heteroatoms. The second-order valence-corrected chi connectivity index (χ2v) is 6.53. The van der Waals surface area contributed by atoms with E-state index in [9.17, 15) is 9.59 Å². The average molecular weight is 409 g/mol. The number of amides is 1. The van der Waals surface area contributed by atoms with Crippen molar-refractivity contribution in [2.75, 3.05) is 26.6 Å². The van der Waals surface area contributed by atoms with E-state index in [4.69, 9.17) is 14.2 Å². The molecule has 0 saturated heterocycles. The maximum absolute atomic E-state index is 12.8. The second kappa shape index (κ2) is 8.69. The van der Waals surface area contributed by atoms with Gasteiger partial charge in [0.15, 0.2) is 17.3 Å². The van der Waals surface area contributed by atoms with Crippen LogP contribution in [0.2, 0.25) is 0 Å². The Morgan fingerprint density at radius 1 is 1.03 bits per heavy atom. The summed E-state index contributed by atoms with van der Waals surface area (Å²) in [6, 6.07) is 8.69. The number of methoxy groups -OCH3 is 3. The predicted molar refractivity (Wildman–Crippen MR) is 114 cm³/mol. The van der Waals surface area contributed by atoms with Crippen LogP contribution in [-0.4, -0.2) is 42.8 Å². The van der Waals surface area contributed by atoms with Gasteiger partial charge in [0, 0.05) is 30.6 Å². The van der Waals surface area contributed by atoms with Crippen LogP contribution in [0.3, 0.4) is 0 Å². The van der Waals surface area contributed by atoms with Crippen LogP contribution >= 0.6 is 0 Å². The molecule has 1 heterocycles. The first-order valence-electron chi connectivity index (χ1n) is 9.14. The van der Waals surface area contributed by atoms with Crippen LogP contribution < -0.4 is 19.5 Å². The number of nitrogens with zero attached hydrogens (tertiary/aromatic N) is 2. The van der Waals surface area contributed by atoms with Crippen LogP contribution in [0.15, 0.2) is 36.4 Å². The van der Waals surface area contributed by atoms with Crippen LogP contribution in [0.5, 0.6) is 17.2 Å². The van der Waals surface area contributed by atoms with Crippen molar-refractivity contribution in [1.29, 1.82) is 0 Å². The van der Waals surface area contributed by atoms with E-state index >= 15 is 0 Å². The fourth-order valence-corrected chi connectivity index (χ4v) is 3.16. The lowest BCUT2D eigenvalue weighted by Gasteiger charge is -2.13. The number of carbonyl (C=O) groups excluding carboxylic acids is 2. The topological polar surface area (TPSA) is 91.7 Å². The molecule has 30 heavy (non-hydrogen) atoms. The van der Waals surface area contributed by atoms with E-state index in [0.717, 1.165) is 10.9 Å². The summed E-state index contributed by atoms with van der Waals surface area (Å²) in [6.07, 6.45) is 3.11. The third-order valence-corrected chi connectivity index (χ3v) is 4.54. The molecule has 156 valence electrons. The van der Waals surface area contributed by atoms with Crippen molar-refractivity contribution in [2.24, 2.45) is 7.05 Å². The monoisotopic (exact) mass is 409 g/mol. The highest BCUT2D eigenvalue weighted by atomic mass is 16.5. The van der Waals surface area contributed by atoms with Gasteiger partial charge < -0.3 is 19.5 Å². The number of rotatable bonds is 7. The molecule has 2 aromatic carbocycles. The number of ether oxygens (including phenoxy) is 3. The van der Waals surface area contributed by atoms with Crippen LogP contribution in [0.25, 0.3) is 17.0 Å². The summed E-state index contributed by atoms with van der Waals surface area (Å²) in [5.41, 5.74) is 2.56. The van der Waals surface area contributed by atoms with Crippen LogP contribution in [0, 0.1) is 0 Å². The first kappa shape index (κ1) is 20.9. The second-order valence-electron chi connectivity index (χ2n) is 6.53. The van der Waals surface area contributed by atoms with Crippen molar-refractivity contribution in [3.63, 3.8) is 0 Å². The van der Waals surface area contributed by atoms with Crippen molar-refractivity contribution in [3.05, 3.63) is 47.7 Å².